The van der Waals surface area contributed by atoms with Gasteiger partial charge in [0.1, 0.15) is 5.78 Å². The van der Waals surface area contributed by atoms with E-state index in [1.54, 1.807) is 11.8 Å². The van der Waals surface area contributed by atoms with Crippen molar-refractivity contribution in [2.24, 2.45) is 11.8 Å². The highest BCUT2D eigenvalue weighted by atomic mass is 16.2. The molecule has 2 fully saturated rings. The second-order valence-corrected chi connectivity index (χ2v) is 7.29. The van der Waals surface area contributed by atoms with E-state index in [0.717, 1.165) is 12.8 Å². The van der Waals surface area contributed by atoms with Crippen molar-refractivity contribution in [1.29, 1.82) is 0 Å². The van der Waals surface area contributed by atoms with Gasteiger partial charge in [0.2, 0.25) is 11.8 Å². The number of rotatable bonds is 2. The summed E-state index contributed by atoms with van der Waals surface area (Å²) < 4.78 is 0. The number of piperidine rings is 1. The van der Waals surface area contributed by atoms with Gasteiger partial charge in [0.25, 0.3) is 0 Å². The van der Waals surface area contributed by atoms with E-state index in [1.165, 1.54) is 0 Å². The average molecular weight is 294 g/mol. The van der Waals surface area contributed by atoms with Gasteiger partial charge >= 0.3 is 0 Å². The number of likely N-dealkylation sites (tertiary alicyclic amines) is 2. The molecule has 2 amide bonds. The molecule has 0 aliphatic carbocycles. The van der Waals surface area contributed by atoms with Gasteiger partial charge in [0.15, 0.2) is 0 Å². The summed E-state index contributed by atoms with van der Waals surface area (Å²) in [7, 11) is 0. The van der Waals surface area contributed by atoms with E-state index in [0.29, 0.717) is 26.1 Å². The van der Waals surface area contributed by atoms with Crippen molar-refractivity contribution in [3.8, 4) is 0 Å². The van der Waals surface area contributed by atoms with Crippen LogP contribution < -0.4 is 0 Å². The number of nitrogens with zero attached hydrogens (tertiary/aromatic N) is 2. The van der Waals surface area contributed by atoms with Crippen molar-refractivity contribution in [1.82, 2.24) is 9.80 Å². The normalized spacial score (nSPS) is 24.6. The van der Waals surface area contributed by atoms with Crippen LogP contribution >= 0.6 is 0 Å². The molecule has 0 saturated carbocycles. The highest BCUT2D eigenvalue weighted by Crippen LogP contribution is 2.28. The summed E-state index contributed by atoms with van der Waals surface area (Å²) in [4.78, 5) is 39.6. The van der Waals surface area contributed by atoms with Gasteiger partial charge in [0, 0.05) is 37.5 Å². The molecule has 2 aliphatic heterocycles. The summed E-state index contributed by atoms with van der Waals surface area (Å²) in [6.45, 7) is 9.42. The first-order valence-corrected chi connectivity index (χ1v) is 7.80. The number of carbonyl (C=O) groups is 3. The lowest BCUT2D eigenvalue weighted by molar-refractivity contribution is -0.138. The van der Waals surface area contributed by atoms with Gasteiger partial charge in [-0.2, -0.15) is 0 Å². The van der Waals surface area contributed by atoms with E-state index in [2.05, 4.69) is 0 Å². The van der Waals surface area contributed by atoms with Crippen LogP contribution in [0.15, 0.2) is 0 Å². The first-order chi connectivity index (χ1) is 9.70. The van der Waals surface area contributed by atoms with E-state index < -0.39 is 0 Å². The molecule has 118 valence electrons. The molecule has 0 bridgehead atoms. The van der Waals surface area contributed by atoms with Gasteiger partial charge in [-0.15, -0.1) is 0 Å². The molecular weight excluding hydrogens is 268 g/mol. The summed E-state index contributed by atoms with van der Waals surface area (Å²) in [5.74, 6) is 0.254. The molecule has 0 aromatic rings. The Labute approximate surface area is 126 Å². The zero-order valence-corrected chi connectivity index (χ0v) is 13.5. The number of Topliss-reactive ketones (excluding diaryl/α,β-unsaturated/α-hetero) is 1. The second-order valence-electron chi connectivity index (χ2n) is 7.29. The molecule has 2 saturated heterocycles. The van der Waals surface area contributed by atoms with Crippen LogP contribution in [0.5, 0.6) is 0 Å². The first-order valence-electron chi connectivity index (χ1n) is 7.80. The topological polar surface area (TPSA) is 57.7 Å². The minimum absolute atomic E-state index is 0.0690. The fourth-order valence-electron chi connectivity index (χ4n) is 3.29. The second kappa shape index (κ2) is 5.78. The van der Waals surface area contributed by atoms with Crippen molar-refractivity contribution in [2.45, 2.75) is 52.5 Å². The number of ketones is 1. The quantitative estimate of drug-likeness (QED) is 0.775. The Bertz CT molecular complexity index is 445. The van der Waals surface area contributed by atoms with Crippen LogP contribution in [0.4, 0.5) is 0 Å². The van der Waals surface area contributed by atoms with E-state index >= 15 is 0 Å². The highest BCUT2D eigenvalue weighted by Gasteiger charge is 2.41. The zero-order valence-electron chi connectivity index (χ0n) is 13.5. The summed E-state index contributed by atoms with van der Waals surface area (Å²) in [5, 5.41) is 0. The molecule has 0 aromatic heterocycles. The van der Waals surface area contributed by atoms with Gasteiger partial charge in [-0.1, -0.05) is 0 Å². The van der Waals surface area contributed by atoms with Crippen LogP contribution in [0.25, 0.3) is 0 Å². The first kappa shape index (κ1) is 16.0. The van der Waals surface area contributed by atoms with E-state index in [9.17, 15) is 14.4 Å². The maximum absolute atomic E-state index is 12.6. The molecule has 2 heterocycles. The summed E-state index contributed by atoms with van der Waals surface area (Å²) >= 11 is 0. The molecule has 0 radical (unpaired) electrons. The molecule has 0 N–H and O–H groups in total. The Morgan fingerprint density at radius 1 is 1.10 bits per heavy atom. The molecule has 5 nitrogen and oxygen atoms in total. The van der Waals surface area contributed by atoms with E-state index in [4.69, 9.17) is 0 Å². The van der Waals surface area contributed by atoms with Crippen molar-refractivity contribution >= 4 is 17.6 Å². The molecular formula is C16H26N2O3. The molecule has 0 spiro atoms. The van der Waals surface area contributed by atoms with Crippen LogP contribution in [0, 0.1) is 11.8 Å². The summed E-state index contributed by atoms with van der Waals surface area (Å²) in [5.41, 5.74) is -0.228. The van der Waals surface area contributed by atoms with E-state index in [1.807, 2.05) is 25.7 Å². The summed E-state index contributed by atoms with van der Waals surface area (Å²) in [6, 6.07) is 0. The maximum Gasteiger partial charge on any atom is 0.227 e. The van der Waals surface area contributed by atoms with Crippen LogP contribution in [0.3, 0.4) is 0 Å². The predicted molar refractivity (Wildman–Crippen MR) is 79.6 cm³/mol. The maximum atomic E-state index is 12.6. The number of hydrogen-bond donors (Lipinski definition) is 0. The van der Waals surface area contributed by atoms with E-state index in [-0.39, 0.29) is 35.0 Å². The fourth-order valence-corrected chi connectivity index (χ4v) is 3.29. The molecule has 5 heteroatoms. The third-order valence-corrected chi connectivity index (χ3v) is 4.67. The Morgan fingerprint density at radius 3 is 2.10 bits per heavy atom. The van der Waals surface area contributed by atoms with Crippen LogP contribution in [-0.2, 0) is 14.4 Å². The van der Waals surface area contributed by atoms with Gasteiger partial charge in [-0.3, -0.25) is 14.4 Å². The van der Waals surface area contributed by atoms with Crippen molar-refractivity contribution in [2.75, 3.05) is 19.6 Å². The molecule has 1 atom stereocenters. The molecule has 21 heavy (non-hydrogen) atoms. The highest BCUT2D eigenvalue weighted by molar-refractivity contribution is 5.89. The average Bonchev–Trinajstić information content (AvgIpc) is 2.80. The Hall–Kier alpha value is -1.39. The van der Waals surface area contributed by atoms with Crippen molar-refractivity contribution < 1.29 is 14.4 Å². The van der Waals surface area contributed by atoms with Crippen LogP contribution in [0.1, 0.15) is 47.0 Å². The Kier molecular flexibility index (Phi) is 4.40. The molecule has 1 unspecified atom stereocenters. The van der Waals surface area contributed by atoms with Gasteiger partial charge in [0.05, 0.1) is 5.92 Å². The van der Waals surface area contributed by atoms with Crippen molar-refractivity contribution in [3.05, 3.63) is 0 Å². The largest absolute Gasteiger partial charge is 0.342 e. The Morgan fingerprint density at radius 2 is 1.67 bits per heavy atom. The lowest BCUT2D eigenvalue weighted by Gasteiger charge is -2.34. The zero-order chi connectivity index (χ0) is 15.8. The van der Waals surface area contributed by atoms with Gasteiger partial charge < -0.3 is 9.80 Å². The number of carbonyl (C=O) groups excluding carboxylic acids is 3. The minimum Gasteiger partial charge on any atom is -0.342 e. The number of amides is 2. The molecule has 2 rings (SSSR count). The predicted octanol–water partition coefficient (Wildman–Crippen LogP) is 1.46. The SMILES string of the molecule is CC(=O)C1CCN(C(=O)C2CC(=O)N(C(C)(C)C)C2)CC1. The fraction of sp³-hybridized carbons (Fsp3) is 0.812. The van der Waals surface area contributed by atoms with Gasteiger partial charge in [-0.05, 0) is 40.5 Å². The third-order valence-electron chi connectivity index (χ3n) is 4.67. The van der Waals surface area contributed by atoms with Crippen molar-refractivity contribution in [3.63, 3.8) is 0 Å². The lowest BCUT2D eigenvalue weighted by Crippen LogP contribution is -2.45. The molecule has 2 aliphatic rings. The standard InChI is InChI=1S/C16H26N2O3/c1-11(19)12-5-7-17(8-6-12)15(21)13-9-14(20)18(10-13)16(2,3)4/h12-13H,5-10H2,1-4H3. The molecule has 0 aromatic carbocycles. The summed E-state index contributed by atoms with van der Waals surface area (Å²) in [6.07, 6.45) is 1.83. The third kappa shape index (κ3) is 3.44. The lowest BCUT2D eigenvalue weighted by atomic mass is 9.92. The van der Waals surface area contributed by atoms with Crippen LogP contribution in [-0.4, -0.2) is 52.6 Å². The Balaban J connectivity index is 1.94. The monoisotopic (exact) mass is 294 g/mol. The number of hydrogen-bond acceptors (Lipinski definition) is 3. The minimum atomic E-state index is -0.228. The van der Waals surface area contributed by atoms with Gasteiger partial charge in [-0.25, -0.2) is 0 Å². The smallest absolute Gasteiger partial charge is 0.227 e. The van der Waals surface area contributed by atoms with Crippen LogP contribution in [0.2, 0.25) is 0 Å².